The predicted molar refractivity (Wildman–Crippen MR) is 148 cm³/mol. The van der Waals surface area contributed by atoms with Crippen molar-refractivity contribution in [3.8, 4) is 0 Å². The number of piperidine rings is 1. The second kappa shape index (κ2) is 15.5. The van der Waals surface area contributed by atoms with Crippen LogP contribution in [0.25, 0.3) is 0 Å². The van der Waals surface area contributed by atoms with E-state index in [9.17, 15) is 9.59 Å². The molecule has 9 nitrogen and oxygen atoms in total. The summed E-state index contributed by atoms with van der Waals surface area (Å²) in [5, 5.41) is 9.84. The Bertz CT molecular complexity index is 881. The highest BCUT2D eigenvalue weighted by Gasteiger charge is 2.33. The zero-order valence-electron chi connectivity index (χ0n) is 23.2. The molecule has 3 amide bonds. The average molecular weight is 553 g/mol. The van der Waals surface area contributed by atoms with Crippen LogP contribution in [0, 0.1) is 11.8 Å². The first-order valence-corrected chi connectivity index (χ1v) is 14.2. The summed E-state index contributed by atoms with van der Waals surface area (Å²) in [6.45, 7) is 6.94. The number of ether oxygens (including phenoxy) is 3. The number of nitrogens with one attached hydrogen (secondary N) is 3. The molecular weight excluding hydrogens is 508 g/mol. The third kappa shape index (κ3) is 9.59. The van der Waals surface area contributed by atoms with Gasteiger partial charge in [-0.3, -0.25) is 0 Å². The molecule has 38 heavy (non-hydrogen) atoms. The van der Waals surface area contributed by atoms with Gasteiger partial charge in [0.25, 0.3) is 0 Å². The van der Waals surface area contributed by atoms with Crippen LogP contribution >= 0.6 is 11.6 Å². The van der Waals surface area contributed by atoms with Crippen LogP contribution in [-0.2, 0) is 14.2 Å². The number of rotatable bonds is 11. The van der Waals surface area contributed by atoms with Crippen molar-refractivity contribution >= 4 is 23.7 Å². The number of methoxy groups -OCH3 is 1. The van der Waals surface area contributed by atoms with Gasteiger partial charge in [0.1, 0.15) is 0 Å². The molecule has 3 N–H and O–H groups in total. The number of hydrogen-bond acceptors (Lipinski definition) is 6. The minimum atomic E-state index is -0.491. The molecule has 0 aromatic heterocycles. The van der Waals surface area contributed by atoms with Gasteiger partial charge in [0.2, 0.25) is 0 Å². The van der Waals surface area contributed by atoms with Crippen LogP contribution in [0.1, 0.15) is 57.6 Å². The Morgan fingerprint density at radius 1 is 1.24 bits per heavy atom. The molecule has 3 rings (SSSR count). The first kappa shape index (κ1) is 30.5. The Labute approximate surface area is 232 Å². The first-order chi connectivity index (χ1) is 18.3. The lowest BCUT2D eigenvalue weighted by Gasteiger charge is -2.38. The molecule has 10 heteroatoms. The quantitative estimate of drug-likeness (QED) is 0.353. The van der Waals surface area contributed by atoms with Gasteiger partial charge in [-0.1, -0.05) is 23.7 Å². The molecule has 2 fully saturated rings. The van der Waals surface area contributed by atoms with Crippen LogP contribution in [0.5, 0.6) is 0 Å². The van der Waals surface area contributed by atoms with Crippen molar-refractivity contribution in [3.05, 3.63) is 34.9 Å². The van der Waals surface area contributed by atoms with E-state index in [2.05, 4.69) is 34.5 Å². The molecule has 0 radical (unpaired) electrons. The van der Waals surface area contributed by atoms with Crippen LogP contribution in [-0.4, -0.2) is 82.2 Å². The highest BCUT2D eigenvalue weighted by molar-refractivity contribution is 6.30. The number of hydrogen-bond donors (Lipinski definition) is 3. The monoisotopic (exact) mass is 552 g/mol. The van der Waals surface area contributed by atoms with E-state index in [1.165, 1.54) is 7.11 Å². The van der Waals surface area contributed by atoms with Gasteiger partial charge < -0.3 is 35.1 Å². The van der Waals surface area contributed by atoms with Gasteiger partial charge in [0.15, 0.2) is 0 Å². The van der Waals surface area contributed by atoms with E-state index in [1.807, 2.05) is 36.2 Å². The summed E-state index contributed by atoms with van der Waals surface area (Å²) >= 11 is 6.30. The first-order valence-electron chi connectivity index (χ1n) is 13.8. The van der Waals surface area contributed by atoms with Crippen LogP contribution < -0.4 is 16.0 Å². The van der Waals surface area contributed by atoms with Gasteiger partial charge in [0, 0.05) is 43.2 Å². The Balaban J connectivity index is 1.63. The molecule has 0 bridgehead atoms. The third-order valence-electron chi connectivity index (χ3n) is 7.40. The van der Waals surface area contributed by atoms with Crippen molar-refractivity contribution in [2.75, 3.05) is 46.9 Å². The number of carbonyl (C=O) groups is 2. The SMILES string of the molecule is CNCC(CC1CC(C)OC(C)C1)NC(=O)N1CCCC(C(OCCNC(=O)OC)c2cccc(Cl)c2)C1. The Kier molecular flexibility index (Phi) is 12.4. The number of alkyl carbamates (subject to hydrolysis) is 1. The Hall–Kier alpha value is -2.07. The Morgan fingerprint density at radius 2 is 2.00 bits per heavy atom. The normalized spacial score (nSPS) is 25.3. The average Bonchev–Trinajstić information content (AvgIpc) is 2.88. The number of carbonyl (C=O) groups excluding carboxylic acids is 2. The van der Waals surface area contributed by atoms with Crippen LogP contribution in [0.2, 0.25) is 5.02 Å². The Morgan fingerprint density at radius 3 is 2.68 bits per heavy atom. The largest absolute Gasteiger partial charge is 0.453 e. The van der Waals surface area contributed by atoms with E-state index in [0.29, 0.717) is 37.2 Å². The fourth-order valence-electron chi connectivity index (χ4n) is 5.88. The van der Waals surface area contributed by atoms with Gasteiger partial charge in [-0.15, -0.1) is 0 Å². The van der Waals surface area contributed by atoms with E-state index in [4.69, 9.17) is 21.1 Å². The molecule has 0 spiro atoms. The van der Waals surface area contributed by atoms with Gasteiger partial charge >= 0.3 is 12.1 Å². The fraction of sp³-hybridized carbons (Fsp3) is 0.714. The smallest absolute Gasteiger partial charge is 0.406 e. The van der Waals surface area contributed by atoms with E-state index >= 15 is 0 Å². The summed E-state index contributed by atoms with van der Waals surface area (Å²) < 4.78 is 16.8. The van der Waals surface area contributed by atoms with Gasteiger partial charge in [-0.05, 0) is 76.6 Å². The van der Waals surface area contributed by atoms with Crippen molar-refractivity contribution in [3.63, 3.8) is 0 Å². The maximum absolute atomic E-state index is 13.4. The van der Waals surface area contributed by atoms with E-state index in [0.717, 1.165) is 44.2 Å². The number of amides is 3. The van der Waals surface area contributed by atoms with Crippen molar-refractivity contribution in [1.29, 1.82) is 0 Å². The highest BCUT2D eigenvalue weighted by Crippen LogP contribution is 2.34. The van der Waals surface area contributed by atoms with Crippen molar-refractivity contribution < 1.29 is 23.8 Å². The van der Waals surface area contributed by atoms with Crippen molar-refractivity contribution in [2.24, 2.45) is 11.8 Å². The van der Waals surface area contributed by atoms with Gasteiger partial charge in [-0.2, -0.15) is 0 Å². The van der Waals surface area contributed by atoms with Gasteiger partial charge in [0.05, 0.1) is 32.0 Å². The summed E-state index contributed by atoms with van der Waals surface area (Å²) in [4.78, 5) is 26.8. The number of benzene rings is 1. The standard InChI is InChI=1S/C28H45ClN4O5/c1-19-13-21(14-20(2)38-19)15-25(17-30-3)32-27(34)33-11-6-8-23(18-33)26(22-7-5-9-24(29)16-22)37-12-10-31-28(35)36-4/h5,7,9,16,19-21,23,25-26,30H,6,8,10-15,17-18H2,1-4H3,(H,31,35)(H,32,34). The molecule has 2 aliphatic rings. The number of halogens is 1. The minimum absolute atomic E-state index is 0.0275. The topological polar surface area (TPSA) is 101 Å². The van der Waals surface area contributed by atoms with Crippen LogP contribution in [0.3, 0.4) is 0 Å². The summed E-state index contributed by atoms with van der Waals surface area (Å²) in [6, 6.07) is 7.69. The van der Waals surface area contributed by atoms with E-state index in [1.54, 1.807) is 0 Å². The molecule has 5 atom stereocenters. The zero-order valence-corrected chi connectivity index (χ0v) is 24.0. The summed E-state index contributed by atoms with van der Waals surface area (Å²) in [6.07, 6.45) is 4.58. The second-order valence-electron chi connectivity index (χ2n) is 10.6. The molecule has 0 saturated carbocycles. The van der Waals surface area contributed by atoms with Crippen LogP contribution in [0.4, 0.5) is 9.59 Å². The molecule has 0 aliphatic carbocycles. The summed E-state index contributed by atoms with van der Waals surface area (Å²) in [5.41, 5.74) is 0.971. The molecule has 1 aromatic carbocycles. The molecule has 2 aliphatic heterocycles. The number of likely N-dealkylation sites (N-methyl/N-ethyl adjacent to an activating group) is 1. The molecule has 1 aromatic rings. The molecule has 5 unspecified atom stereocenters. The maximum atomic E-state index is 13.4. The second-order valence-corrected chi connectivity index (χ2v) is 11.1. The van der Waals surface area contributed by atoms with Crippen molar-refractivity contribution in [2.45, 2.75) is 70.3 Å². The van der Waals surface area contributed by atoms with E-state index in [-0.39, 0.29) is 36.3 Å². The van der Waals surface area contributed by atoms with Crippen LogP contribution in [0.15, 0.2) is 24.3 Å². The minimum Gasteiger partial charge on any atom is -0.453 e. The summed E-state index contributed by atoms with van der Waals surface area (Å²) in [5.74, 6) is 0.631. The fourth-order valence-corrected chi connectivity index (χ4v) is 6.08. The molecule has 2 heterocycles. The molecule has 214 valence electrons. The highest BCUT2D eigenvalue weighted by atomic mass is 35.5. The summed E-state index contributed by atoms with van der Waals surface area (Å²) in [7, 11) is 3.26. The van der Waals surface area contributed by atoms with E-state index < -0.39 is 6.09 Å². The molecular formula is C28H45ClN4O5. The number of nitrogens with zero attached hydrogens (tertiary/aromatic N) is 1. The molecule has 2 saturated heterocycles. The lowest BCUT2D eigenvalue weighted by atomic mass is 9.87. The number of urea groups is 1. The van der Waals surface area contributed by atoms with Crippen molar-refractivity contribution in [1.82, 2.24) is 20.9 Å². The maximum Gasteiger partial charge on any atom is 0.406 e. The predicted octanol–water partition coefficient (Wildman–Crippen LogP) is 4.36. The lowest BCUT2D eigenvalue weighted by molar-refractivity contribution is -0.0547. The lowest BCUT2D eigenvalue weighted by Crippen LogP contribution is -2.52. The zero-order chi connectivity index (χ0) is 27.5. The third-order valence-corrected chi connectivity index (χ3v) is 7.63. The van der Waals surface area contributed by atoms with Gasteiger partial charge in [-0.25, -0.2) is 9.59 Å². The number of likely N-dealkylation sites (tertiary alicyclic amines) is 1.